The normalized spacial score (nSPS) is 17.4. The lowest BCUT2D eigenvalue weighted by Crippen LogP contribution is -2.32. The molecule has 0 amide bonds. The quantitative estimate of drug-likeness (QED) is 0.825. The van der Waals surface area contributed by atoms with Crippen LogP contribution in [0.15, 0.2) is 18.2 Å². The van der Waals surface area contributed by atoms with Crippen molar-refractivity contribution in [2.75, 3.05) is 33.5 Å². The van der Waals surface area contributed by atoms with Crippen molar-refractivity contribution in [2.24, 2.45) is 5.73 Å². The van der Waals surface area contributed by atoms with E-state index in [0.717, 1.165) is 24.2 Å². The van der Waals surface area contributed by atoms with Crippen molar-refractivity contribution >= 4 is 0 Å². The van der Waals surface area contributed by atoms with Gasteiger partial charge in [-0.3, -0.25) is 0 Å². The summed E-state index contributed by atoms with van der Waals surface area (Å²) in [4.78, 5) is 0. The maximum Gasteiger partial charge on any atom is 0.161 e. The number of ether oxygens (including phenoxy) is 3. The maximum atomic E-state index is 10.8. The summed E-state index contributed by atoms with van der Waals surface area (Å²) in [6, 6.07) is 5.55. The van der Waals surface area contributed by atoms with Gasteiger partial charge in [0, 0.05) is 13.5 Å². The number of hydrogen-bond acceptors (Lipinski definition) is 5. The Balaban J connectivity index is 2.26. The lowest BCUT2D eigenvalue weighted by atomic mass is 9.89. The summed E-state index contributed by atoms with van der Waals surface area (Å²) in [6.45, 7) is 2.05. The standard InChI is InChI=1S/C15H23NO4/c1-18-11-15(17,6-2-7-16)12-4-5-13-14(10-12)20-9-3-8-19-13/h4-5,10,17H,2-3,6-9,11,16H2,1H3. The predicted octanol–water partition coefficient (Wildman–Crippen LogP) is 1.42. The van der Waals surface area contributed by atoms with E-state index in [0.29, 0.717) is 31.9 Å². The van der Waals surface area contributed by atoms with E-state index in [-0.39, 0.29) is 6.61 Å². The average Bonchev–Trinajstić information content (AvgIpc) is 2.70. The summed E-state index contributed by atoms with van der Waals surface area (Å²) in [7, 11) is 1.58. The van der Waals surface area contributed by atoms with Crippen LogP contribution in [0.2, 0.25) is 0 Å². The first-order chi connectivity index (χ1) is 9.69. The Morgan fingerprint density at radius 2 is 2.05 bits per heavy atom. The zero-order valence-corrected chi connectivity index (χ0v) is 11.9. The Hall–Kier alpha value is -1.30. The molecule has 0 aliphatic carbocycles. The average molecular weight is 281 g/mol. The van der Waals surface area contributed by atoms with Gasteiger partial charge in [-0.1, -0.05) is 6.07 Å². The van der Waals surface area contributed by atoms with Crippen molar-refractivity contribution in [2.45, 2.75) is 24.9 Å². The van der Waals surface area contributed by atoms with Crippen LogP contribution in [0.5, 0.6) is 11.5 Å². The van der Waals surface area contributed by atoms with Crippen LogP contribution in [0.1, 0.15) is 24.8 Å². The summed E-state index contributed by atoms with van der Waals surface area (Å²) in [5.41, 5.74) is 5.28. The molecule has 0 aromatic heterocycles. The number of benzene rings is 1. The highest BCUT2D eigenvalue weighted by Gasteiger charge is 2.30. The first kappa shape index (κ1) is 15.1. The smallest absolute Gasteiger partial charge is 0.161 e. The largest absolute Gasteiger partial charge is 0.490 e. The molecule has 112 valence electrons. The number of aliphatic hydroxyl groups is 1. The Labute approximate surface area is 119 Å². The first-order valence-corrected chi connectivity index (χ1v) is 7.01. The van der Waals surface area contributed by atoms with E-state index >= 15 is 0 Å². The molecule has 0 saturated carbocycles. The Morgan fingerprint density at radius 1 is 1.30 bits per heavy atom. The van der Waals surface area contributed by atoms with E-state index in [4.69, 9.17) is 19.9 Å². The summed E-state index contributed by atoms with van der Waals surface area (Å²) in [6.07, 6.45) is 2.14. The topological polar surface area (TPSA) is 73.9 Å². The minimum absolute atomic E-state index is 0.229. The van der Waals surface area contributed by atoms with E-state index in [9.17, 15) is 5.11 Å². The third-order valence-electron chi connectivity index (χ3n) is 3.46. The van der Waals surface area contributed by atoms with Crippen LogP contribution in [0.25, 0.3) is 0 Å². The molecule has 1 aromatic carbocycles. The second-order valence-electron chi connectivity index (χ2n) is 5.07. The van der Waals surface area contributed by atoms with Crippen LogP contribution in [-0.2, 0) is 10.3 Å². The molecule has 1 unspecified atom stereocenters. The zero-order valence-electron chi connectivity index (χ0n) is 11.9. The van der Waals surface area contributed by atoms with Crippen LogP contribution in [-0.4, -0.2) is 38.6 Å². The fourth-order valence-electron chi connectivity index (χ4n) is 2.39. The molecule has 0 spiro atoms. The van der Waals surface area contributed by atoms with Gasteiger partial charge in [-0.15, -0.1) is 0 Å². The van der Waals surface area contributed by atoms with Crippen LogP contribution >= 0.6 is 0 Å². The van der Waals surface area contributed by atoms with Crippen molar-refractivity contribution in [3.05, 3.63) is 23.8 Å². The van der Waals surface area contributed by atoms with Gasteiger partial charge in [-0.05, 0) is 37.1 Å². The Bertz CT molecular complexity index is 438. The summed E-state index contributed by atoms with van der Waals surface area (Å²) in [5.74, 6) is 1.41. The molecule has 0 radical (unpaired) electrons. The third-order valence-corrected chi connectivity index (χ3v) is 3.46. The fourth-order valence-corrected chi connectivity index (χ4v) is 2.39. The van der Waals surface area contributed by atoms with Gasteiger partial charge < -0.3 is 25.1 Å². The van der Waals surface area contributed by atoms with Crippen molar-refractivity contribution in [1.29, 1.82) is 0 Å². The molecule has 0 saturated heterocycles. The summed E-state index contributed by atoms with van der Waals surface area (Å²) < 4.78 is 16.4. The molecule has 1 heterocycles. The Kier molecular flexibility index (Phi) is 5.23. The lowest BCUT2D eigenvalue weighted by molar-refractivity contribution is -0.0431. The SMILES string of the molecule is COCC(O)(CCCN)c1ccc2c(c1)OCCCO2. The molecular formula is C15H23NO4. The van der Waals surface area contributed by atoms with E-state index < -0.39 is 5.60 Å². The van der Waals surface area contributed by atoms with E-state index in [2.05, 4.69) is 0 Å². The van der Waals surface area contributed by atoms with Crippen molar-refractivity contribution in [1.82, 2.24) is 0 Å². The van der Waals surface area contributed by atoms with Gasteiger partial charge in [0.15, 0.2) is 11.5 Å². The lowest BCUT2D eigenvalue weighted by Gasteiger charge is -2.28. The molecule has 5 heteroatoms. The molecule has 1 aromatic rings. The van der Waals surface area contributed by atoms with Gasteiger partial charge in [0.25, 0.3) is 0 Å². The monoisotopic (exact) mass is 281 g/mol. The number of fused-ring (bicyclic) bond motifs is 1. The summed E-state index contributed by atoms with van der Waals surface area (Å²) in [5, 5.41) is 10.8. The van der Waals surface area contributed by atoms with Gasteiger partial charge in [0.2, 0.25) is 0 Å². The van der Waals surface area contributed by atoms with Gasteiger partial charge >= 0.3 is 0 Å². The molecule has 1 atom stereocenters. The second kappa shape index (κ2) is 6.92. The van der Waals surface area contributed by atoms with Gasteiger partial charge in [-0.25, -0.2) is 0 Å². The number of nitrogens with two attached hydrogens (primary N) is 1. The highest BCUT2D eigenvalue weighted by atomic mass is 16.5. The van der Waals surface area contributed by atoms with E-state index in [1.807, 2.05) is 18.2 Å². The Morgan fingerprint density at radius 3 is 2.75 bits per heavy atom. The minimum Gasteiger partial charge on any atom is -0.490 e. The van der Waals surface area contributed by atoms with E-state index in [1.54, 1.807) is 7.11 Å². The molecule has 1 aliphatic heterocycles. The van der Waals surface area contributed by atoms with Gasteiger partial charge in [-0.2, -0.15) is 0 Å². The first-order valence-electron chi connectivity index (χ1n) is 7.01. The number of hydrogen-bond donors (Lipinski definition) is 2. The van der Waals surface area contributed by atoms with Crippen LogP contribution in [0.4, 0.5) is 0 Å². The summed E-state index contributed by atoms with van der Waals surface area (Å²) >= 11 is 0. The van der Waals surface area contributed by atoms with Gasteiger partial charge in [0.1, 0.15) is 5.60 Å². The van der Waals surface area contributed by atoms with Crippen molar-refractivity contribution < 1.29 is 19.3 Å². The molecule has 1 aliphatic rings. The van der Waals surface area contributed by atoms with Crippen molar-refractivity contribution in [3.63, 3.8) is 0 Å². The molecule has 3 N–H and O–H groups in total. The molecule has 0 fully saturated rings. The van der Waals surface area contributed by atoms with Crippen LogP contribution in [0.3, 0.4) is 0 Å². The molecule has 0 bridgehead atoms. The molecule has 5 nitrogen and oxygen atoms in total. The molecular weight excluding hydrogens is 258 g/mol. The fraction of sp³-hybridized carbons (Fsp3) is 0.600. The second-order valence-corrected chi connectivity index (χ2v) is 5.07. The number of rotatable bonds is 6. The van der Waals surface area contributed by atoms with E-state index in [1.165, 1.54) is 0 Å². The highest BCUT2D eigenvalue weighted by Crippen LogP contribution is 2.36. The van der Waals surface area contributed by atoms with Gasteiger partial charge in [0.05, 0.1) is 19.8 Å². The number of methoxy groups -OCH3 is 1. The van der Waals surface area contributed by atoms with Crippen molar-refractivity contribution in [3.8, 4) is 11.5 Å². The zero-order chi connectivity index (χ0) is 14.4. The van der Waals surface area contributed by atoms with Crippen LogP contribution in [0, 0.1) is 0 Å². The molecule has 20 heavy (non-hydrogen) atoms. The molecule has 2 rings (SSSR count). The predicted molar refractivity (Wildman–Crippen MR) is 76.1 cm³/mol. The minimum atomic E-state index is -1.04. The third kappa shape index (κ3) is 3.42. The maximum absolute atomic E-state index is 10.8. The highest BCUT2D eigenvalue weighted by molar-refractivity contribution is 5.45. The van der Waals surface area contributed by atoms with Crippen LogP contribution < -0.4 is 15.2 Å².